The van der Waals surface area contributed by atoms with E-state index in [1.807, 2.05) is 4.68 Å². The van der Waals surface area contributed by atoms with Crippen LogP contribution in [0.1, 0.15) is 38.8 Å². The zero-order chi connectivity index (χ0) is 12.1. The van der Waals surface area contributed by atoms with Crippen LogP contribution in [0, 0.1) is 0 Å². The summed E-state index contributed by atoms with van der Waals surface area (Å²) in [4.78, 5) is 0. The van der Waals surface area contributed by atoms with Crippen molar-refractivity contribution in [3.8, 4) is 0 Å². The number of nitrogens with zero attached hydrogens (tertiary/aromatic N) is 2. The maximum atomic E-state index is 5.80. The van der Waals surface area contributed by atoms with Gasteiger partial charge in [0, 0.05) is 12.7 Å². The lowest BCUT2D eigenvalue weighted by atomic mass is 10.2. The molecule has 2 unspecified atom stereocenters. The van der Waals surface area contributed by atoms with Gasteiger partial charge in [0.05, 0.1) is 24.4 Å². The average Bonchev–Trinajstić information content (AvgIpc) is 2.90. The highest BCUT2D eigenvalue weighted by Crippen LogP contribution is 2.20. The van der Waals surface area contributed by atoms with Crippen molar-refractivity contribution in [2.45, 2.75) is 58.4 Å². The molecule has 1 aliphatic rings. The molecule has 96 valence electrons. The van der Waals surface area contributed by atoms with Crippen molar-refractivity contribution in [2.24, 2.45) is 0 Å². The van der Waals surface area contributed by atoms with E-state index in [4.69, 9.17) is 4.74 Å². The normalized spacial score (nSPS) is 24.4. The molecular formula is C13H23N3O. The molecule has 1 aromatic rings. The molecule has 0 aliphatic carbocycles. The molecule has 2 atom stereocenters. The Balaban J connectivity index is 1.77. The zero-order valence-electron chi connectivity index (χ0n) is 10.9. The van der Waals surface area contributed by atoms with Gasteiger partial charge in [-0.05, 0) is 38.8 Å². The first kappa shape index (κ1) is 12.6. The highest BCUT2D eigenvalue weighted by molar-refractivity contribution is 4.98. The Morgan fingerprint density at radius 1 is 1.53 bits per heavy atom. The van der Waals surface area contributed by atoms with Crippen molar-refractivity contribution in [3.05, 3.63) is 18.0 Å². The van der Waals surface area contributed by atoms with Crippen LogP contribution in [-0.2, 0) is 17.8 Å². The van der Waals surface area contributed by atoms with Crippen molar-refractivity contribution in [2.75, 3.05) is 6.54 Å². The van der Waals surface area contributed by atoms with E-state index in [0.29, 0.717) is 12.2 Å². The lowest BCUT2D eigenvalue weighted by molar-refractivity contribution is 0.0436. The van der Waals surface area contributed by atoms with E-state index in [0.717, 1.165) is 38.2 Å². The number of hydrogen-bond acceptors (Lipinski definition) is 3. The van der Waals surface area contributed by atoms with Gasteiger partial charge in [-0.2, -0.15) is 5.10 Å². The van der Waals surface area contributed by atoms with E-state index in [1.54, 1.807) is 0 Å². The van der Waals surface area contributed by atoms with Gasteiger partial charge in [-0.15, -0.1) is 0 Å². The second-order valence-electron chi connectivity index (χ2n) is 4.85. The van der Waals surface area contributed by atoms with Crippen molar-refractivity contribution in [3.63, 3.8) is 0 Å². The summed E-state index contributed by atoms with van der Waals surface area (Å²) in [7, 11) is 0. The fraction of sp³-hybridized carbons (Fsp3) is 0.769. The summed E-state index contributed by atoms with van der Waals surface area (Å²) < 4.78 is 7.80. The molecule has 1 fully saturated rings. The Morgan fingerprint density at radius 3 is 3.12 bits per heavy atom. The maximum absolute atomic E-state index is 5.80. The quantitative estimate of drug-likeness (QED) is 0.769. The van der Waals surface area contributed by atoms with Crippen LogP contribution in [0.15, 0.2) is 12.3 Å². The number of aromatic nitrogens is 2. The third-order valence-corrected chi connectivity index (χ3v) is 3.14. The highest BCUT2D eigenvalue weighted by Gasteiger charge is 2.22. The van der Waals surface area contributed by atoms with Gasteiger partial charge in [-0.3, -0.25) is 4.68 Å². The molecular weight excluding hydrogens is 214 g/mol. The van der Waals surface area contributed by atoms with Crippen LogP contribution in [0.4, 0.5) is 0 Å². The van der Waals surface area contributed by atoms with Gasteiger partial charge in [0.2, 0.25) is 0 Å². The van der Waals surface area contributed by atoms with E-state index in [2.05, 4.69) is 36.5 Å². The first-order valence-corrected chi connectivity index (χ1v) is 6.66. The molecule has 1 N–H and O–H groups in total. The molecule has 0 saturated carbocycles. The van der Waals surface area contributed by atoms with Gasteiger partial charge in [0.1, 0.15) is 0 Å². The Hall–Kier alpha value is -0.870. The Morgan fingerprint density at radius 2 is 2.41 bits per heavy atom. The number of nitrogens with one attached hydrogen (secondary N) is 1. The van der Waals surface area contributed by atoms with Crippen molar-refractivity contribution < 1.29 is 4.74 Å². The van der Waals surface area contributed by atoms with E-state index < -0.39 is 0 Å². The molecule has 0 amide bonds. The summed E-state index contributed by atoms with van der Waals surface area (Å²) in [6, 6.07) is 2.08. The molecule has 17 heavy (non-hydrogen) atoms. The van der Waals surface area contributed by atoms with Crippen LogP contribution in [0.5, 0.6) is 0 Å². The molecule has 0 spiro atoms. The molecule has 1 saturated heterocycles. The molecule has 0 bridgehead atoms. The fourth-order valence-electron chi connectivity index (χ4n) is 2.22. The van der Waals surface area contributed by atoms with Gasteiger partial charge >= 0.3 is 0 Å². The largest absolute Gasteiger partial charge is 0.373 e. The molecule has 2 heterocycles. The van der Waals surface area contributed by atoms with Crippen LogP contribution in [0.2, 0.25) is 0 Å². The average molecular weight is 237 g/mol. The van der Waals surface area contributed by atoms with Gasteiger partial charge in [-0.25, -0.2) is 0 Å². The summed E-state index contributed by atoms with van der Waals surface area (Å²) >= 11 is 0. The SMILES string of the molecule is CCCNCc1ccn(CC2CCC(C)O2)n1. The van der Waals surface area contributed by atoms with Crippen molar-refractivity contribution >= 4 is 0 Å². The van der Waals surface area contributed by atoms with Crippen LogP contribution in [0.25, 0.3) is 0 Å². The van der Waals surface area contributed by atoms with Gasteiger partial charge in [0.15, 0.2) is 0 Å². The second-order valence-corrected chi connectivity index (χ2v) is 4.85. The maximum Gasteiger partial charge on any atom is 0.0775 e. The predicted molar refractivity (Wildman–Crippen MR) is 67.8 cm³/mol. The van der Waals surface area contributed by atoms with Crippen LogP contribution in [-0.4, -0.2) is 28.5 Å². The summed E-state index contributed by atoms with van der Waals surface area (Å²) in [5, 5.41) is 7.90. The summed E-state index contributed by atoms with van der Waals surface area (Å²) in [6.07, 6.45) is 6.31. The minimum atomic E-state index is 0.348. The fourth-order valence-corrected chi connectivity index (χ4v) is 2.22. The van der Waals surface area contributed by atoms with Crippen LogP contribution >= 0.6 is 0 Å². The van der Waals surface area contributed by atoms with E-state index in [1.165, 1.54) is 6.42 Å². The topological polar surface area (TPSA) is 39.1 Å². The Bertz CT molecular complexity index is 337. The Labute approximate surface area is 103 Å². The minimum Gasteiger partial charge on any atom is -0.373 e. The van der Waals surface area contributed by atoms with Gasteiger partial charge in [0.25, 0.3) is 0 Å². The molecule has 4 heteroatoms. The molecule has 2 rings (SSSR count). The molecule has 0 aromatic carbocycles. The lowest BCUT2D eigenvalue weighted by Crippen LogP contribution is -2.18. The zero-order valence-corrected chi connectivity index (χ0v) is 10.9. The third kappa shape index (κ3) is 3.82. The molecule has 1 aliphatic heterocycles. The van der Waals surface area contributed by atoms with E-state index >= 15 is 0 Å². The number of rotatable bonds is 6. The van der Waals surface area contributed by atoms with Gasteiger partial charge in [-0.1, -0.05) is 6.92 Å². The molecule has 0 radical (unpaired) electrons. The predicted octanol–water partition coefficient (Wildman–Crippen LogP) is 1.95. The summed E-state index contributed by atoms with van der Waals surface area (Å²) in [6.45, 7) is 7.12. The smallest absolute Gasteiger partial charge is 0.0775 e. The highest BCUT2D eigenvalue weighted by atomic mass is 16.5. The summed E-state index contributed by atoms with van der Waals surface area (Å²) in [5.74, 6) is 0. The van der Waals surface area contributed by atoms with Crippen molar-refractivity contribution in [1.82, 2.24) is 15.1 Å². The molecule has 4 nitrogen and oxygen atoms in total. The Kier molecular flexibility index (Phi) is 4.57. The van der Waals surface area contributed by atoms with Crippen LogP contribution in [0.3, 0.4) is 0 Å². The monoisotopic (exact) mass is 237 g/mol. The van der Waals surface area contributed by atoms with Crippen molar-refractivity contribution in [1.29, 1.82) is 0 Å². The third-order valence-electron chi connectivity index (χ3n) is 3.14. The number of ether oxygens (including phenoxy) is 1. The minimum absolute atomic E-state index is 0.348. The molecule has 1 aromatic heterocycles. The van der Waals surface area contributed by atoms with Gasteiger partial charge < -0.3 is 10.1 Å². The first-order chi connectivity index (χ1) is 8.28. The standard InChI is InChI=1S/C13H23N3O/c1-3-7-14-9-12-6-8-16(15-12)10-13-5-4-11(2)17-13/h6,8,11,13-14H,3-5,7,9-10H2,1-2H3. The first-order valence-electron chi connectivity index (χ1n) is 6.66. The summed E-state index contributed by atoms with van der Waals surface area (Å²) in [5.41, 5.74) is 1.12. The lowest BCUT2D eigenvalue weighted by Gasteiger charge is -2.10. The van der Waals surface area contributed by atoms with E-state index in [-0.39, 0.29) is 0 Å². The second kappa shape index (κ2) is 6.17. The van der Waals surface area contributed by atoms with Crippen LogP contribution < -0.4 is 5.32 Å². The number of hydrogen-bond donors (Lipinski definition) is 1. The van der Waals surface area contributed by atoms with E-state index in [9.17, 15) is 0 Å².